The van der Waals surface area contributed by atoms with E-state index in [-0.39, 0.29) is 10.8 Å². The highest BCUT2D eigenvalue weighted by Crippen LogP contribution is 2.43. The molecule has 0 fully saturated rings. The van der Waals surface area contributed by atoms with Crippen LogP contribution in [0.4, 0.5) is 5.69 Å². The zero-order valence-corrected chi connectivity index (χ0v) is 13.0. The van der Waals surface area contributed by atoms with E-state index in [1.807, 2.05) is 27.7 Å². The molecule has 1 heterocycles. The molecule has 20 heavy (non-hydrogen) atoms. The summed E-state index contributed by atoms with van der Waals surface area (Å²) < 4.78 is 0. The van der Waals surface area contributed by atoms with Crippen molar-refractivity contribution in [3.05, 3.63) is 39.8 Å². The Morgan fingerprint density at radius 2 is 1.75 bits per heavy atom. The highest BCUT2D eigenvalue weighted by Gasteiger charge is 2.23. The first-order valence-corrected chi connectivity index (χ1v) is 7.37. The summed E-state index contributed by atoms with van der Waals surface area (Å²) in [6.07, 6.45) is 0. The molecule has 1 aromatic carbocycles. The zero-order valence-electron chi connectivity index (χ0n) is 12.2. The number of carbonyl (C=O) groups is 1. The molecule has 2 rings (SSSR count). The van der Waals surface area contributed by atoms with E-state index in [2.05, 4.69) is 18.2 Å². The number of thiophene rings is 1. The van der Waals surface area contributed by atoms with E-state index >= 15 is 0 Å². The second-order valence-electron chi connectivity index (χ2n) is 5.42. The van der Waals surface area contributed by atoms with Gasteiger partial charge in [-0.15, -0.1) is 11.3 Å². The van der Waals surface area contributed by atoms with Gasteiger partial charge in [0.2, 0.25) is 0 Å². The fraction of sp³-hybridized carbons (Fsp3) is 0.312. The first-order valence-electron chi connectivity index (χ1n) is 6.55. The number of nitrogen functional groups attached to an aromatic ring is 1. The van der Waals surface area contributed by atoms with Gasteiger partial charge in [-0.25, -0.2) is 4.79 Å². The standard InChI is InChI=1S/C16H19NO2S/c1-8(2)12-13(17)15(16(18)19)20-14(12)11-6-9(3)5-10(4)7-11/h5-8H,17H2,1-4H3,(H,18,19). The largest absolute Gasteiger partial charge is 0.477 e. The average Bonchev–Trinajstić information content (AvgIpc) is 2.65. The van der Waals surface area contributed by atoms with Crippen molar-refractivity contribution in [2.75, 3.05) is 5.73 Å². The third-order valence-corrected chi connectivity index (χ3v) is 4.50. The molecule has 0 spiro atoms. The van der Waals surface area contributed by atoms with E-state index in [9.17, 15) is 9.90 Å². The summed E-state index contributed by atoms with van der Waals surface area (Å²) in [6, 6.07) is 6.26. The van der Waals surface area contributed by atoms with Gasteiger partial charge in [0.1, 0.15) is 4.88 Å². The van der Waals surface area contributed by atoms with Crippen LogP contribution in [-0.4, -0.2) is 11.1 Å². The number of carboxylic acids is 1. The summed E-state index contributed by atoms with van der Waals surface area (Å²) in [5.41, 5.74) is 10.8. The lowest BCUT2D eigenvalue weighted by atomic mass is 9.96. The molecule has 0 radical (unpaired) electrons. The summed E-state index contributed by atoms with van der Waals surface area (Å²) in [5.74, 6) is -0.764. The minimum atomic E-state index is -0.954. The van der Waals surface area contributed by atoms with Crippen molar-refractivity contribution in [3.8, 4) is 10.4 Å². The number of hydrogen-bond acceptors (Lipinski definition) is 3. The van der Waals surface area contributed by atoms with Crippen LogP contribution in [0.25, 0.3) is 10.4 Å². The number of hydrogen-bond donors (Lipinski definition) is 2. The van der Waals surface area contributed by atoms with Crippen LogP contribution in [0, 0.1) is 13.8 Å². The van der Waals surface area contributed by atoms with Gasteiger partial charge in [0.15, 0.2) is 0 Å². The van der Waals surface area contributed by atoms with Crippen molar-refractivity contribution in [2.45, 2.75) is 33.6 Å². The van der Waals surface area contributed by atoms with Gasteiger partial charge in [0.05, 0.1) is 5.69 Å². The second-order valence-corrected chi connectivity index (χ2v) is 6.44. The lowest BCUT2D eigenvalue weighted by Gasteiger charge is -2.10. The van der Waals surface area contributed by atoms with Crippen LogP contribution >= 0.6 is 11.3 Å². The van der Waals surface area contributed by atoms with Crippen molar-refractivity contribution in [2.24, 2.45) is 0 Å². The Morgan fingerprint density at radius 3 is 2.20 bits per heavy atom. The van der Waals surface area contributed by atoms with Gasteiger partial charge < -0.3 is 10.8 Å². The first kappa shape index (κ1) is 14.6. The Kier molecular flexibility index (Phi) is 3.86. The fourth-order valence-electron chi connectivity index (χ4n) is 2.51. The topological polar surface area (TPSA) is 63.3 Å². The van der Waals surface area contributed by atoms with Crippen LogP contribution in [0.1, 0.15) is 46.1 Å². The Balaban J connectivity index is 2.72. The summed E-state index contributed by atoms with van der Waals surface area (Å²) in [6.45, 7) is 8.16. The van der Waals surface area contributed by atoms with Crippen molar-refractivity contribution in [1.29, 1.82) is 0 Å². The van der Waals surface area contributed by atoms with Crippen molar-refractivity contribution < 1.29 is 9.90 Å². The third-order valence-electron chi connectivity index (χ3n) is 3.24. The van der Waals surface area contributed by atoms with E-state index in [0.29, 0.717) is 5.69 Å². The monoisotopic (exact) mass is 289 g/mol. The number of aryl methyl sites for hydroxylation is 2. The van der Waals surface area contributed by atoms with Crippen LogP contribution < -0.4 is 5.73 Å². The van der Waals surface area contributed by atoms with Crippen LogP contribution in [0.5, 0.6) is 0 Å². The molecule has 0 saturated carbocycles. The first-order chi connectivity index (χ1) is 9.31. The normalized spacial score (nSPS) is 11.1. The molecule has 3 nitrogen and oxygen atoms in total. The molecule has 4 heteroatoms. The smallest absolute Gasteiger partial charge is 0.348 e. The van der Waals surface area contributed by atoms with Gasteiger partial charge in [-0.1, -0.05) is 43.2 Å². The number of anilines is 1. The molecule has 3 N–H and O–H groups in total. The third kappa shape index (κ3) is 2.56. The van der Waals surface area contributed by atoms with Crippen LogP contribution in [0.15, 0.2) is 18.2 Å². The average molecular weight is 289 g/mol. The molecular formula is C16H19NO2S. The molecule has 0 amide bonds. The number of rotatable bonds is 3. The minimum absolute atomic E-state index is 0.190. The summed E-state index contributed by atoms with van der Waals surface area (Å²) in [4.78, 5) is 12.5. The van der Waals surface area contributed by atoms with E-state index < -0.39 is 5.97 Å². The summed E-state index contributed by atoms with van der Waals surface area (Å²) in [7, 11) is 0. The number of aromatic carboxylic acids is 1. The Bertz CT molecular complexity index is 651. The van der Waals surface area contributed by atoms with Crippen molar-refractivity contribution in [3.63, 3.8) is 0 Å². The Labute approximate surface area is 123 Å². The molecule has 2 aromatic rings. The summed E-state index contributed by atoms with van der Waals surface area (Å²) >= 11 is 1.27. The molecule has 0 aliphatic heterocycles. The van der Waals surface area contributed by atoms with Gasteiger partial charge in [0.25, 0.3) is 0 Å². The van der Waals surface area contributed by atoms with Crippen molar-refractivity contribution >= 4 is 23.0 Å². The maximum absolute atomic E-state index is 11.3. The predicted molar refractivity (Wildman–Crippen MR) is 84.7 cm³/mol. The van der Waals surface area contributed by atoms with E-state index in [0.717, 1.165) is 16.0 Å². The Morgan fingerprint density at radius 1 is 1.20 bits per heavy atom. The quantitative estimate of drug-likeness (QED) is 0.878. The molecular weight excluding hydrogens is 270 g/mol. The Hall–Kier alpha value is -1.81. The van der Waals surface area contributed by atoms with Gasteiger partial charge in [-0.2, -0.15) is 0 Å². The summed E-state index contributed by atoms with van der Waals surface area (Å²) in [5, 5.41) is 9.27. The molecule has 0 aliphatic rings. The molecule has 0 saturated heterocycles. The molecule has 0 bridgehead atoms. The van der Waals surface area contributed by atoms with Gasteiger partial charge in [-0.3, -0.25) is 0 Å². The van der Waals surface area contributed by atoms with Crippen LogP contribution in [-0.2, 0) is 0 Å². The zero-order chi connectivity index (χ0) is 15.0. The SMILES string of the molecule is Cc1cc(C)cc(-c2sc(C(=O)O)c(N)c2C(C)C)c1. The number of benzene rings is 1. The highest BCUT2D eigenvalue weighted by atomic mass is 32.1. The second kappa shape index (κ2) is 5.29. The van der Waals surface area contributed by atoms with Crippen molar-refractivity contribution in [1.82, 2.24) is 0 Å². The number of nitrogens with two attached hydrogens (primary N) is 1. The fourth-order valence-corrected chi connectivity index (χ4v) is 3.71. The lowest BCUT2D eigenvalue weighted by Crippen LogP contribution is -2.00. The highest BCUT2D eigenvalue weighted by molar-refractivity contribution is 7.18. The molecule has 0 unspecified atom stereocenters. The predicted octanol–water partition coefficient (Wildman–Crippen LogP) is 4.44. The molecule has 1 aromatic heterocycles. The van der Waals surface area contributed by atoms with Crippen LogP contribution in [0.3, 0.4) is 0 Å². The molecule has 0 atom stereocenters. The maximum atomic E-state index is 11.3. The molecule has 0 aliphatic carbocycles. The van der Waals surface area contributed by atoms with Gasteiger partial charge in [0, 0.05) is 4.88 Å². The number of carboxylic acid groups (broad SMARTS) is 1. The van der Waals surface area contributed by atoms with Gasteiger partial charge >= 0.3 is 5.97 Å². The molecule has 106 valence electrons. The van der Waals surface area contributed by atoms with Gasteiger partial charge in [-0.05, 0) is 30.9 Å². The van der Waals surface area contributed by atoms with E-state index in [4.69, 9.17) is 5.73 Å². The minimum Gasteiger partial charge on any atom is -0.477 e. The van der Waals surface area contributed by atoms with E-state index in [1.165, 1.54) is 22.5 Å². The van der Waals surface area contributed by atoms with Crippen LogP contribution in [0.2, 0.25) is 0 Å². The maximum Gasteiger partial charge on any atom is 0.348 e. The lowest BCUT2D eigenvalue weighted by molar-refractivity contribution is 0.0703. The van der Waals surface area contributed by atoms with E-state index in [1.54, 1.807) is 0 Å².